The second-order valence-corrected chi connectivity index (χ2v) is 12.4. The van der Waals surface area contributed by atoms with E-state index in [1.807, 2.05) is 29.2 Å². The third kappa shape index (κ3) is 8.37. The fraction of sp³-hybridized carbons (Fsp3) is 0.560. The van der Waals surface area contributed by atoms with Gasteiger partial charge in [0.25, 0.3) is 0 Å². The molecule has 1 aliphatic carbocycles. The molecule has 2 aromatic rings. The molecule has 1 saturated carbocycles. The van der Waals surface area contributed by atoms with Crippen LogP contribution >= 0.6 is 34.7 Å². The Bertz CT molecular complexity index is 993. The Morgan fingerprint density at radius 1 is 1.29 bits per heavy atom. The lowest BCUT2D eigenvalue weighted by Gasteiger charge is -2.36. The number of thiazole rings is 1. The van der Waals surface area contributed by atoms with Crippen molar-refractivity contribution in [3.63, 3.8) is 0 Å². The molecule has 192 valence electrons. The number of hydrogen-bond acceptors (Lipinski definition) is 6. The Kier molecular flexibility index (Phi) is 10.3. The summed E-state index contributed by atoms with van der Waals surface area (Å²) in [5, 5.41) is 13.4. The molecule has 1 aromatic heterocycles. The molecule has 1 fully saturated rings. The van der Waals surface area contributed by atoms with Crippen LogP contribution in [0.4, 0.5) is 9.93 Å². The number of carbonyl (C=O) groups excluding carboxylic acids is 1. The van der Waals surface area contributed by atoms with E-state index in [0.717, 1.165) is 35.5 Å². The number of nitrogens with zero attached hydrogens (tertiary/aromatic N) is 2. The average molecular weight is 540 g/mol. The summed E-state index contributed by atoms with van der Waals surface area (Å²) >= 11 is 9.01. The first-order chi connectivity index (χ1) is 16.7. The highest BCUT2D eigenvalue weighted by Crippen LogP contribution is 2.34. The molecular weight excluding hydrogens is 506 g/mol. The smallest absolute Gasteiger partial charge is 0.323 e. The Morgan fingerprint density at radius 3 is 2.69 bits per heavy atom. The molecule has 1 heterocycles. The number of carboxylic acids is 1. The minimum Gasteiger partial charge on any atom is -0.481 e. The van der Waals surface area contributed by atoms with Gasteiger partial charge in [0.2, 0.25) is 0 Å². The molecule has 35 heavy (non-hydrogen) atoms. The number of aliphatic carboxylic acids is 1. The summed E-state index contributed by atoms with van der Waals surface area (Å²) in [4.78, 5) is 30.8. The van der Waals surface area contributed by atoms with Crippen LogP contribution in [0.15, 0.2) is 34.7 Å². The Labute approximate surface area is 220 Å². The van der Waals surface area contributed by atoms with Crippen LogP contribution in [-0.2, 0) is 16.1 Å². The number of rotatable bonds is 11. The lowest BCUT2D eigenvalue weighted by Crippen LogP contribution is -2.46. The fourth-order valence-electron chi connectivity index (χ4n) is 3.82. The van der Waals surface area contributed by atoms with Gasteiger partial charge in [0.05, 0.1) is 29.0 Å². The van der Waals surface area contributed by atoms with Crippen LogP contribution in [0.5, 0.6) is 0 Å². The first-order valence-corrected chi connectivity index (χ1v) is 14.0. The monoisotopic (exact) mass is 539 g/mol. The van der Waals surface area contributed by atoms with Gasteiger partial charge < -0.3 is 14.7 Å². The summed E-state index contributed by atoms with van der Waals surface area (Å²) in [6.07, 6.45) is 5.84. The summed E-state index contributed by atoms with van der Waals surface area (Å²) in [7, 11) is 0. The van der Waals surface area contributed by atoms with Gasteiger partial charge in [-0.15, -0.1) is 11.8 Å². The minimum atomic E-state index is -0.836. The normalized spacial score (nSPS) is 18.3. The van der Waals surface area contributed by atoms with E-state index in [1.54, 1.807) is 20.0 Å². The molecule has 2 amide bonds. The number of ether oxygens (including phenoxy) is 1. The molecule has 0 saturated heterocycles. The van der Waals surface area contributed by atoms with Gasteiger partial charge in [0.15, 0.2) is 5.13 Å². The maximum atomic E-state index is 13.2. The van der Waals surface area contributed by atoms with Crippen LogP contribution in [0, 0.1) is 11.3 Å². The highest BCUT2D eigenvalue weighted by Gasteiger charge is 2.29. The molecular formula is C25H34ClN3O4S2. The van der Waals surface area contributed by atoms with Crippen molar-refractivity contribution in [2.45, 2.75) is 63.3 Å². The molecule has 1 aliphatic rings. The van der Waals surface area contributed by atoms with Gasteiger partial charge in [-0.25, -0.2) is 9.78 Å². The van der Waals surface area contributed by atoms with Crippen molar-refractivity contribution in [3.8, 4) is 0 Å². The van der Waals surface area contributed by atoms with Crippen molar-refractivity contribution in [2.75, 3.05) is 24.2 Å². The van der Waals surface area contributed by atoms with Gasteiger partial charge in [-0.05, 0) is 57.1 Å². The van der Waals surface area contributed by atoms with Crippen LogP contribution in [0.2, 0.25) is 5.02 Å². The second kappa shape index (κ2) is 12.9. The van der Waals surface area contributed by atoms with Crippen LogP contribution in [0.1, 0.15) is 52.0 Å². The highest BCUT2D eigenvalue weighted by molar-refractivity contribution is 8.01. The summed E-state index contributed by atoms with van der Waals surface area (Å²) in [6, 6.07) is 7.58. The van der Waals surface area contributed by atoms with E-state index < -0.39 is 11.4 Å². The maximum Gasteiger partial charge on any atom is 0.323 e. The van der Waals surface area contributed by atoms with Crippen LogP contribution in [-0.4, -0.2) is 51.9 Å². The number of carboxylic acid groups (broad SMARTS) is 1. The van der Waals surface area contributed by atoms with Crippen LogP contribution in [0.25, 0.3) is 0 Å². The number of nitrogens with one attached hydrogen (secondary N) is 1. The van der Waals surface area contributed by atoms with Crippen LogP contribution < -0.4 is 5.32 Å². The lowest BCUT2D eigenvalue weighted by atomic mass is 9.86. The van der Waals surface area contributed by atoms with Gasteiger partial charge in [-0.1, -0.05) is 48.1 Å². The number of thioether (sulfide) groups is 1. The lowest BCUT2D eigenvalue weighted by molar-refractivity contribution is -0.145. The number of amides is 2. The molecule has 7 nitrogen and oxygen atoms in total. The standard InChI is InChI=1S/C25H34ClN3O4S2/c1-17-8-10-19(11-9-17)29(12-13-33-15-18-6-4-5-7-20(18)26)24(32)28-23-27-14-21(35-23)34-16-25(2,3)22(30)31/h4-7,14,17,19H,8-13,15-16H2,1-3H3,(H,30,31)(H,27,28,32). The fourth-order valence-corrected chi connectivity index (χ4v) is 5.96. The quantitative estimate of drug-likeness (QED) is 0.246. The van der Waals surface area contributed by atoms with Crippen LogP contribution in [0.3, 0.4) is 0 Å². The molecule has 0 bridgehead atoms. The Balaban J connectivity index is 1.57. The summed E-state index contributed by atoms with van der Waals surface area (Å²) in [5.41, 5.74) is 0.0901. The van der Waals surface area contributed by atoms with Gasteiger partial charge in [-0.3, -0.25) is 10.1 Å². The molecule has 0 unspecified atom stereocenters. The number of carbonyl (C=O) groups is 2. The largest absolute Gasteiger partial charge is 0.481 e. The SMILES string of the molecule is CC1CCC(N(CCOCc2ccccc2Cl)C(=O)Nc2ncc(SCC(C)(C)C(=O)O)s2)CC1. The molecule has 0 radical (unpaired) electrons. The molecule has 1 aromatic carbocycles. The van der Waals surface area contributed by atoms with Crippen molar-refractivity contribution < 1.29 is 19.4 Å². The molecule has 10 heteroatoms. The van der Waals surface area contributed by atoms with Crippen molar-refractivity contribution in [2.24, 2.45) is 11.3 Å². The van der Waals surface area contributed by atoms with Gasteiger partial charge in [0.1, 0.15) is 0 Å². The highest BCUT2D eigenvalue weighted by atomic mass is 35.5. The zero-order chi connectivity index (χ0) is 25.4. The van der Waals surface area contributed by atoms with E-state index in [4.69, 9.17) is 16.3 Å². The summed E-state index contributed by atoms with van der Waals surface area (Å²) < 4.78 is 6.73. The van der Waals surface area contributed by atoms with Crippen molar-refractivity contribution in [1.29, 1.82) is 0 Å². The number of benzene rings is 1. The third-order valence-corrected chi connectivity index (χ3v) is 9.17. The van der Waals surface area contributed by atoms with Crippen molar-refractivity contribution >= 4 is 51.8 Å². The maximum absolute atomic E-state index is 13.2. The Morgan fingerprint density at radius 2 is 2.00 bits per heavy atom. The predicted molar refractivity (Wildman–Crippen MR) is 143 cm³/mol. The topological polar surface area (TPSA) is 91.8 Å². The molecule has 0 spiro atoms. The van der Waals surface area contributed by atoms with Crippen molar-refractivity contribution in [1.82, 2.24) is 9.88 Å². The zero-order valence-corrected chi connectivity index (χ0v) is 22.8. The van der Waals surface area contributed by atoms with E-state index in [1.165, 1.54) is 23.1 Å². The average Bonchev–Trinajstić information content (AvgIpc) is 3.27. The summed E-state index contributed by atoms with van der Waals surface area (Å²) in [6.45, 7) is 6.94. The first-order valence-electron chi connectivity index (χ1n) is 11.9. The number of halogens is 1. The van der Waals surface area contributed by atoms with Gasteiger partial charge in [-0.2, -0.15) is 0 Å². The predicted octanol–water partition coefficient (Wildman–Crippen LogP) is 6.63. The minimum absolute atomic E-state index is 0.167. The molecule has 3 rings (SSSR count). The summed E-state index contributed by atoms with van der Waals surface area (Å²) in [5.74, 6) is 0.269. The Hall–Kier alpha value is -1.81. The van der Waals surface area contributed by atoms with Gasteiger partial charge >= 0.3 is 12.0 Å². The molecule has 0 atom stereocenters. The zero-order valence-electron chi connectivity index (χ0n) is 20.5. The number of aromatic nitrogens is 1. The van der Waals surface area contributed by atoms with E-state index in [9.17, 15) is 14.7 Å². The van der Waals surface area contributed by atoms with E-state index >= 15 is 0 Å². The third-order valence-electron chi connectivity index (χ3n) is 6.23. The number of anilines is 1. The molecule has 2 N–H and O–H groups in total. The number of urea groups is 1. The van der Waals surface area contributed by atoms with Gasteiger partial charge in [0, 0.05) is 23.4 Å². The molecule has 0 aliphatic heterocycles. The van der Waals surface area contributed by atoms with Crippen molar-refractivity contribution in [3.05, 3.63) is 41.0 Å². The first kappa shape index (κ1) is 27.8. The number of hydrogen-bond donors (Lipinski definition) is 2. The van der Waals surface area contributed by atoms with E-state index in [0.29, 0.717) is 41.6 Å². The van der Waals surface area contributed by atoms with E-state index in [-0.39, 0.29) is 12.1 Å². The second-order valence-electron chi connectivity index (χ2n) is 9.64. The van der Waals surface area contributed by atoms with E-state index in [2.05, 4.69) is 17.2 Å².